The minimum atomic E-state index is 0.312. The van der Waals surface area contributed by atoms with Gasteiger partial charge in [-0.3, -0.25) is 4.90 Å². The summed E-state index contributed by atoms with van der Waals surface area (Å²) in [4.78, 5) is 5.03. The van der Waals surface area contributed by atoms with Gasteiger partial charge in [0.25, 0.3) is 0 Å². The van der Waals surface area contributed by atoms with Gasteiger partial charge in [0, 0.05) is 32.2 Å². The van der Waals surface area contributed by atoms with Crippen LogP contribution in [0.25, 0.3) is 0 Å². The number of rotatable bonds is 8. The highest BCUT2D eigenvalue weighted by atomic mass is 16.3. The summed E-state index contributed by atoms with van der Waals surface area (Å²) in [5.41, 5.74) is 0. The van der Waals surface area contributed by atoms with E-state index in [1.54, 1.807) is 0 Å². The summed E-state index contributed by atoms with van der Waals surface area (Å²) in [5, 5.41) is 9.29. The largest absolute Gasteiger partial charge is 0.395 e. The van der Waals surface area contributed by atoms with Crippen LogP contribution < -0.4 is 0 Å². The molecule has 1 fully saturated rings. The van der Waals surface area contributed by atoms with E-state index in [1.165, 1.54) is 45.3 Å². The molecular weight excluding hydrogens is 212 g/mol. The molecule has 0 spiro atoms. The van der Waals surface area contributed by atoms with Crippen LogP contribution in [-0.2, 0) is 0 Å². The molecule has 0 amide bonds. The molecule has 1 atom stereocenters. The van der Waals surface area contributed by atoms with Crippen LogP contribution in [0.15, 0.2) is 0 Å². The van der Waals surface area contributed by atoms with Crippen LogP contribution in [-0.4, -0.2) is 60.3 Å². The Bertz CT molecular complexity index is 175. The molecule has 3 nitrogen and oxygen atoms in total. The molecular formula is C14H30N2O. The van der Waals surface area contributed by atoms with Crippen molar-refractivity contribution in [2.45, 2.75) is 52.0 Å². The first-order valence-electron chi connectivity index (χ1n) is 7.39. The molecule has 1 aliphatic rings. The first kappa shape index (κ1) is 14.9. The first-order chi connectivity index (χ1) is 8.31. The average molecular weight is 242 g/mol. The minimum absolute atomic E-state index is 0.312. The summed E-state index contributed by atoms with van der Waals surface area (Å²) in [5.74, 6) is 0. The molecule has 0 aromatic rings. The number of piperazine rings is 1. The normalized spacial score (nSPS) is 20.6. The number of hydrogen-bond acceptors (Lipinski definition) is 3. The Morgan fingerprint density at radius 3 is 2.24 bits per heavy atom. The van der Waals surface area contributed by atoms with Gasteiger partial charge in [0.05, 0.1) is 6.61 Å². The summed E-state index contributed by atoms with van der Waals surface area (Å²) < 4.78 is 0. The minimum Gasteiger partial charge on any atom is -0.395 e. The molecule has 0 saturated carbocycles. The third kappa shape index (κ3) is 5.36. The lowest BCUT2D eigenvalue weighted by Crippen LogP contribution is -2.51. The van der Waals surface area contributed by atoms with Gasteiger partial charge in [0.15, 0.2) is 0 Å². The van der Waals surface area contributed by atoms with Crippen molar-refractivity contribution >= 4 is 0 Å². The molecule has 17 heavy (non-hydrogen) atoms. The Morgan fingerprint density at radius 1 is 1.00 bits per heavy atom. The van der Waals surface area contributed by atoms with E-state index < -0.39 is 0 Å². The Hall–Kier alpha value is -0.120. The smallest absolute Gasteiger partial charge is 0.0586 e. The highest BCUT2D eigenvalue weighted by molar-refractivity contribution is 4.77. The summed E-state index contributed by atoms with van der Waals surface area (Å²) in [6, 6.07) is 0.386. The molecule has 1 saturated heterocycles. The van der Waals surface area contributed by atoms with E-state index in [-0.39, 0.29) is 0 Å². The summed E-state index contributed by atoms with van der Waals surface area (Å²) in [6.45, 7) is 10.6. The molecule has 1 heterocycles. The van der Waals surface area contributed by atoms with E-state index in [2.05, 4.69) is 23.6 Å². The molecule has 102 valence electrons. The maximum absolute atomic E-state index is 9.29. The predicted octanol–water partition coefficient (Wildman–Crippen LogP) is 1.96. The highest BCUT2D eigenvalue weighted by Crippen LogP contribution is 2.10. The Balaban J connectivity index is 2.12. The third-order valence-electron chi connectivity index (χ3n) is 3.93. The molecule has 0 radical (unpaired) electrons. The SMILES string of the molecule is CCCCCCN1CCN(C(CC)CO)CC1. The van der Waals surface area contributed by atoms with E-state index in [0.717, 1.165) is 19.5 Å². The van der Waals surface area contributed by atoms with Gasteiger partial charge in [-0.15, -0.1) is 0 Å². The van der Waals surface area contributed by atoms with Gasteiger partial charge in [-0.25, -0.2) is 0 Å². The van der Waals surface area contributed by atoms with E-state index in [0.29, 0.717) is 12.6 Å². The van der Waals surface area contributed by atoms with Crippen LogP contribution in [0.4, 0.5) is 0 Å². The Kier molecular flexibility index (Phi) is 7.82. The zero-order valence-electron chi connectivity index (χ0n) is 11.7. The Morgan fingerprint density at radius 2 is 1.71 bits per heavy atom. The van der Waals surface area contributed by atoms with E-state index in [4.69, 9.17) is 0 Å². The van der Waals surface area contributed by atoms with Crippen molar-refractivity contribution in [2.75, 3.05) is 39.3 Å². The van der Waals surface area contributed by atoms with Crippen LogP contribution in [0, 0.1) is 0 Å². The van der Waals surface area contributed by atoms with E-state index in [1.807, 2.05) is 0 Å². The van der Waals surface area contributed by atoms with Gasteiger partial charge < -0.3 is 10.0 Å². The maximum atomic E-state index is 9.29. The number of nitrogens with zero attached hydrogens (tertiary/aromatic N) is 2. The standard InChI is InChI=1S/C14H30N2O/c1-3-5-6-7-8-15-9-11-16(12-10-15)14(4-2)13-17/h14,17H,3-13H2,1-2H3. The second kappa shape index (κ2) is 8.90. The molecule has 0 aromatic heterocycles. The average Bonchev–Trinajstić information content (AvgIpc) is 2.38. The second-order valence-corrected chi connectivity index (χ2v) is 5.18. The van der Waals surface area contributed by atoms with Crippen molar-refractivity contribution in [3.05, 3.63) is 0 Å². The van der Waals surface area contributed by atoms with E-state index in [9.17, 15) is 5.11 Å². The number of aliphatic hydroxyl groups excluding tert-OH is 1. The van der Waals surface area contributed by atoms with Crippen molar-refractivity contribution in [3.63, 3.8) is 0 Å². The zero-order valence-corrected chi connectivity index (χ0v) is 11.7. The van der Waals surface area contributed by atoms with Crippen LogP contribution >= 0.6 is 0 Å². The van der Waals surface area contributed by atoms with Gasteiger partial charge in [-0.05, 0) is 19.4 Å². The van der Waals surface area contributed by atoms with Crippen LogP contribution in [0.1, 0.15) is 46.0 Å². The lowest BCUT2D eigenvalue weighted by molar-refractivity contribution is 0.0630. The number of hydrogen-bond donors (Lipinski definition) is 1. The quantitative estimate of drug-likeness (QED) is 0.659. The molecule has 1 N–H and O–H groups in total. The van der Waals surface area contributed by atoms with Gasteiger partial charge in [0.2, 0.25) is 0 Å². The van der Waals surface area contributed by atoms with Crippen LogP contribution in [0.2, 0.25) is 0 Å². The summed E-state index contributed by atoms with van der Waals surface area (Å²) in [7, 11) is 0. The lowest BCUT2D eigenvalue weighted by Gasteiger charge is -2.38. The molecule has 3 heteroatoms. The van der Waals surface area contributed by atoms with E-state index >= 15 is 0 Å². The van der Waals surface area contributed by atoms with Crippen molar-refractivity contribution < 1.29 is 5.11 Å². The fourth-order valence-electron chi connectivity index (χ4n) is 2.62. The molecule has 1 unspecified atom stereocenters. The third-order valence-corrected chi connectivity index (χ3v) is 3.93. The fraction of sp³-hybridized carbons (Fsp3) is 1.00. The van der Waals surface area contributed by atoms with Gasteiger partial charge in [-0.1, -0.05) is 33.1 Å². The van der Waals surface area contributed by atoms with Crippen LogP contribution in [0.5, 0.6) is 0 Å². The molecule has 0 bridgehead atoms. The van der Waals surface area contributed by atoms with Gasteiger partial charge in [-0.2, -0.15) is 0 Å². The van der Waals surface area contributed by atoms with Crippen molar-refractivity contribution in [2.24, 2.45) is 0 Å². The first-order valence-corrected chi connectivity index (χ1v) is 7.39. The highest BCUT2D eigenvalue weighted by Gasteiger charge is 2.21. The van der Waals surface area contributed by atoms with Crippen molar-refractivity contribution in [3.8, 4) is 0 Å². The molecule has 1 rings (SSSR count). The predicted molar refractivity (Wildman–Crippen MR) is 73.3 cm³/mol. The molecule has 0 aromatic carbocycles. The monoisotopic (exact) mass is 242 g/mol. The fourth-order valence-corrected chi connectivity index (χ4v) is 2.62. The zero-order chi connectivity index (χ0) is 12.5. The van der Waals surface area contributed by atoms with Gasteiger partial charge in [0.1, 0.15) is 0 Å². The van der Waals surface area contributed by atoms with Gasteiger partial charge >= 0.3 is 0 Å². The summed E-state index contributed by atoms with van der Waals surface area (Å²) in [6.07, 6.45) is 6.49. The van der Waals surface area contributed by atoms with Crippen molar-refractivity contribution in [1.82, 2.24) is 9.80 Å². The topological polar surface area (TPSA) is 26.7 Å². The Labute approximate surface area is 107 Å². The molecule has 0 aliphatic carbocycles. The maximum Gasteiger partial charge on any atom is 0.0586 e. The van der Waals surface area contributed by atoms with Crippen LogP contribution in [0.3, 0.4) is 0 Å². The molecule has 1 aliphatic heterocycles. The number of unbranched alkanes of at least 4 members (excludes halogenated alkanes) is 3. The second-order valence-electron chi connectivity index (χ2n) is 5.18. The lowest BCUT2D eigenvalue weighted by atomic mass is 10.1. The summed E-state index contributed by atoms with van der Waals surface area (Å²) >= 11 is 0. The van der Waals surface area contributed by atoms with Crippen molar-refractivity contribution in [1.29, 1.82) is 0 Å². The number of aliphatic hydroxyl groups is 1.